The summed E-state index contributed by atoms with van der Waals surface area (Å²) in [7, 11) is -3.72. The van der Waals surface area contributed by atoms with Crippen molar-refractivity contribution in [1.29, 1.82) is 0 Å². The van der Waals surface area contributed by atoms with Gasteiger partial charge in [0, 0.05) is 18.8 Å². The Hall–Kier alpha value is -2.29. The summed E-state index contributed by atoms with van der Waals surface area (Å²) >= 11 is 11.8. The van der Waals surface area contributed by atoms with Gasteiger partial charge in [-0.15, -0.1) is 0 Å². The fraction of sp³-hybridized carbons (Fsp3) is 0.300. The molecule has 0 radical (unpaired) electrons. The molecule has 10 heteroatoms. The first-order valence-corrected chi connectivity index (χ1v) is 11.9. The average molecular weight is 471 g/mol. The number of nitrogens with one attached hydrogen (secondary N) is 1. The SMILES string of the molecule is CCN(CC)c1ccc(/C=N\NC(=O)CN(c2ccc(Cl)c(Cl)c2)S(C)(=O)=O)cc1. The lowest BCUT2D eigenvalue weighted by Crippen LogP contribution is -2.39. The van der Waals surface area contributed by atoms with Gasteiger partial charge in [0.2, 0.25) is 10.0 Å². The van der Waals surface area contributed by atoms with Crippen LogP contribution in [0.2, 0.25) is 10.0 Å². The Morgan fingerprint density at radius 2 is 1.63 bits per heavy atom. The van der Waals surface area contributed by atoms with Gasteiger partial charge >= 0.3 is 0 Å². The summed E-state index contributed by atoms with van der Waals surface area (Å²) in [6.45, 7) is 5.55. The number of hydrogen-bond acceptors (Lipinski definition) is 5. The number of benzene rings is 2. The number of halogens is 2. The quantitative estimate of drug-likeness (QED) is 0.446. The highest BCUT2D eigenvalue weighted by molar-refractivity contribution is 7.92. The van der Waals surface area contributed by atoms with Crippen molar-refractivity contribution >= 4 is 56.7 Å². The van der Waals surface area contributed by atoms with E-state index in [4.69, 9.17) is 23.2 Å². The highest BCUT2D eigenvalue weighted by Crippen LogP contribution is 2.28. The summed E-state index contributed by atoms with van der Waals surface area (Å²) in [5.41, 5.74) is 4.48. The molecule has 0 aliphatic carbocycles. The maximum absolute atomic E-state index is 12.2. The second kappa shape index (κ2) is 10.7. The van der Waals surface area contributed by atoms with Crippen LogP contribution in [0, 0.1) is 0 Å². The summed E-state index contributed by atoms with van der Waals surface area (Å²) in [5.74, 6) is -0.595. The van der Waals surface area contributed by atoms with E-state index in [1.165, 1.54) is 24.4 Å². The number of nitrogens with zero attached hydrogens (tertiary/aromatic N) is 3. The fourth-order valence-electron chi connectivity index (χ4n) is 2.74. The van der Waals surface area contributed by atoms with Crippen LogP contribution in [0.15, 0.2) is 47.6 Å². The van der Waals surface area contributed by atoms with E-state index < -0.39 is 22.5 Å². The van der Waals surface area contributed by atoms with Crippen LogP contribution in [-0.4, -0.2) is 46.4 Å². The lowest BCUT2D eigenvalue weighted by atomic mass is 10.2. The van der Waals surface area contributed by atoms with Crippen molar-refractivity contribution in [1.82, 2.24) is 5.43 Å². The molecular formula is C20H24Cl2N4O3S. The maximum atomic E-state index is 12.2. The van der Waals surface area contributed by atoms with Crippen LogP contribution in [0.4, 0.5) is 11.4 Å². The number of carbonyl (C=O) groups is 1. The Balaban J connectivity index is 2.04. The molecule has 2 aromatic carbocycles. The van der Waals surface area contributed by atoms with Gasteiger partial charge in [0.15, 0.2) is 0 Å². The first-order valence-electron chi connectivity index (χ1n) is 9.25. The minimum Gasteiger partial charge on any atom is -0.372 e. The largest absolute Gasteiger partial charge is 0.372 e. The van der Waals surface area contributed by atoms with E-state index >= 15 is 0 Å². The smallest absolute Gasteiger partial charge is 0.260 e. The van der Waals surface area contributed by atoms with Crippen molar-refractivity contribution in [2.24, 2.45) is 5.10 Å². The Morgan fingerprint density at radius 1 is 1.03 bits per heavy atom. The molecule has 0 aromatic heterocycles. The average Bonchev–Trinajstić information content (AvgIpc) is 2.69. The highest BCUT2D eigenvalue weighted by Gasteiger charge is 2.21. The van der Waals surface area contributed by atoms with Crippen molar-refractivity contribution < 1.29 is 13.2 Å². The molecule has 0 atom stereocenters. The van der Waals surface area contributed by atoms with Crippen LogP contribution in [0.1, 0.15) is 19.4 Å². The molecule has 2 rings (SSSR count). The molecule has 7 nitrogen and oxygen atoms in total. The summed E-state index contributed by atoms with van der Waals surface area (Å²) < 4.78 is 25.2. The van der Waals surface area contributed by atoms with E-state index in [9.17, 15) is 13.2 Å². The number of hydrazone groups is 1. The van der Waals surface area contributed by atoms with Crippen molar-refractivity contribution in [3.8, 4) is 0 Å². The monoisotopic (exact) mass is 470 g/mol. The molecule has 0 heterocycles. The molecule has 0 bridgehead atoms. The van der Waals surface area contributed by atoms with Gasteiger partial charge in [-0.1, -0.05) is 35.3 Å². The summed E-state index contributed by atoms with van der Waals surface area (Å²) in [4.78, 5) is 14.5. The zero-order valence-corrected chi connectivity index (χ0v) is 19.3. The molecule has 0 saturated heterocycles. The van der Waals surface area contributed by atoms with Gasteiger partial charge in [0.1, 0.15) is 6.54 Å². The zero-order chi connectivity index (χ0) is 22.3. The van der Waals surface area contributed by atoms with E-state index in [-0.39, 0.29) is 15.7 Å². The molecular weight excluding hydrogens is 447 g/mol. The molecule has 0 aliphatic rings. The van der Waals surface area contributed by atoms with Gasteiger partial charge in [-0.3, -0.25) is 9.10 Å². The molecule has 30 heavy (non-hydrogen) atoms. The molecule has 0 unspecified atom stereocenters. The summed E-state index contributed by atoms with van der Waals surface area (Å²) in [5, 5.41) is 4.39. The van der Waals surface area contributed by atoms with Crippen LogP contribution in [0.25, 0.3) is 0 Å². The van der Waals surface area contributed by atoms with Crippen molar-refractivity contribution in [3.05, 3.63) is 58.1 Å². The molecule has 1 amide bonds. The van der Waals surface area contributed by atoms with E-state index in [1.807, 2.05) is 24.3 Å². The van der Waals surface area contributed by atoms with E-state index in [1.54, 1.807) is 0 Å². The normalized spacial score (nSPS) is 11.5. The van der Waals surface area contributed by atoms with E-state index in [2.05, 4.69) is 29.3 Å². The van der Waals surface area contributed by atoms with Gasteiger partial charge in [-0.25, -0.2) is 13.8 Å². The van der Waals surface area contributed by atoms with Gasteiger partial charge in [-0.05, 0) is 49.7 Å². The first kappa shape index (κ1) is 24.0. The van der Waals surface area contributed by atoms with Gasteiger partial charge in [-0.2, -0.15) is 5.10 Å². The predicted molar refractivity (Wildman–Crippen MR) is 124 cm³/mol. The van der Waals surface area contributed by atoms with Crippen molar-refractivity contribution in [3.63, 3.8) is 0 Å². The van der Waals surface area contributed by atoms with Crippen LogP contribution in [-0.2, 0) is 14.8 Å². The maximum Gasteiger partial charge on any atom is 0.260 e. The first-order chi connectivity index (χ1) is 14.2. The van der Waals surface area contributed by atoms with Crippen molar-refractivity contribution in [2.45, 2.75) is 13.8 Å². The molecule has 0 aliphatic heterocycles. The van der Waals surface area contributed by atoms with Gasteiger partial charge in [0.25, 0.3) is 5.91 Å². The van der Waals surface area contributed by atoms with Gasteiger partial charge < -0.3 is 4.90 Å². The fourth-order valence-corrected chi connectivity index (χ4v) is 3.89. The van der Waals surface area contributed by atoms with Crippen LogP contribution in [0.5, 0.6) is 0 Å². The number of carbonyl (C=O) groups excluding carboxylic acids is 1. The second-order valence-corrected chi connectivity index (χ2v) is 9.15. The Bertz CT molecular complexity index is 1010. The number of rotatable bonds is 9. The third-order valence-corrected chi connectivity index (χ3v) is 6.18. The number of anilines is 2. The molecule has 2 aromatic rings. The van der Waals surface area contributed by atoms with Gasteiger partial charge in [0.05, 0.1) is 28.2 Å². The Morgan fingerprint density at radius 3 is 2.17 bits per heavy atom. The van der Waals surface area contributed by atoms with Crippen LogP contribution >= 0.6 is 23.2 Å². The van der Waals surface area contributed by atoms with Crippen LogP contribution < -0.4 is 14.6 Å². The third-order valence-electron chi connectivity index (χ3n) is 4.30. The van der Waals surface area contributed by atoms with E-state index in [0.717, 1.165) is 34.9 Å². The lowest BCUT2D eigenvalue weighted by molar-refractivity contribution is -0.119. The molecule has 0 spiro atoms. The predicted octanol–water partition coefficient (Wildman–Crippen LogP) is 3.76. The Kier molecular flexibility index (Phi) is 8.52. The highest BCUT2D eigenvalue weighted by atomic mass is 35.5. The molecule has 0 fully saturated rings. The number of amides is 1. The number of sulfonamides is 1. The van der Waals surface area contributed by atoms with Crippen molar-refractivity contribution in [2.75, 3.05) is 35.1 Å². The minimum atomic E-state index is -3.72. The standard InChI is InChI=1S/C20H24Cl2N4O3S/c1-4-25(5-2)16-8-6-15(7-9-16)13-23-24-20(27)14-26(30(3,28)29)17-10-11-18(21)19(22)12-17/h6-13H,4-5,14H2,1-3H3,(H,24,27)/b23-13-. The minimum absolute atomic E-state index is 0.189. The third kappa shape index (κ3) is 6.62. The lowest BCUT2D eigenvalue weighted by Gasteiger charge is -2.21. The molecule has 0 saturated carbocycles. The topological polar surface area (TPSA) is 82.1 Å². The number of hydrogen-bond donors (Lipinski definition) is 1. The summed E-state index contributed by atoms with van der Waals surface area (Å²) in [6, 6.07) is 12.1. The van der Waals surface area contributed by atoms with Crippen LogP contribution in [0.3, 0.4) is 0 Å². The Labute approximate surface area is 187 Å². The zero-order valence-electron chi connectivity index (χ0n) is 17.0. The summed E-state index contributed by atoms with van der Waals surface area (Å²) in [6.07, 6.45) is 2.50. The second-order valence-electron chi connectivity index (χ2n) is 6.43. The van der Waals surface area contributed by atoms with E-state index in [0.29, 0.717) is 0 Å². The molecule has 162 valence electrons. The molecule has 1 N–H and O–H groups in total.